The second-order valence-electron chi connectivity index (χ2n) is 4.53. The summed E-state index contributed by atoms with van der Waals surface area (Å²) in [6.07, 6.45) is 1.73. The summed E-state index contributed by atoms with van der Waals surface area (Å²) in [5.74, 6) is 0.474. The van der Waals surface area contributed by atoms with Crippen LogP contribution < -0.4 is 10.1 Å². The number of fused-ring (bicyclic) bond motifs is 1. The van der Waals surface area contributed by atoms with Crippen LogP contribution in [0.3, 0.4) is 0 Å². The van der Waals surface area contributed by atoms with Gasteiger partial charge in [-0.1, -0.05) is 24.3 Å². The number of amides is 1. The third-order valence-electron chi connectivity index (χ3n) is 3.03. The number of aromatic nitrogens is 1. The van der Waals surface area contributed by atoms with Gasteiger partial charge >= 0.3 is 0 Å². The molecule has 0 unspecified atom stereocenters. The minimum absolute atomic E-state index is 0.0271. The van der Waals surface area contributed by atoms with Gasteiger partial charge in [-0.25, -0.2) is 0 Å². The van der Waals surface area contributed by atoms with Gasteiger partial charge in [-0.3, -0.25) is 9.78 Å². The zero-order chi connectivity index (χ0) is 14.5. The van der Waals surface area contributed by atoms with Crippen molar-refractivity contribution in [2.24, 2.45) is 0 Å². The molecule has 1 heterocycles. The van der Waals surface area contributed by atoms with E-state index in [1.54, 1.807) is 6.20 Å². The van der Waals surface area contributed by atoms with Gasteiger partial charge in [0.25, 0.3) is 5.91 Å². The molecule has 1 N–H and O–H groups in total. The molecule has 0 fully saturated rings. The van der Waals surface area contributed by atoms with E-state index in [4.69, 9.17) is 4.74 Å². The third-order valence-corrected chi connectivity index (χ3v) is 3.03. The largest absolute Gasteiger partial charge is 0.484 e. The summed E-state index contributed by atoms with van der Waals surface area (Å²) in [5, 5.41) is 3.76. The lowest BCUT2D eigenvalue weighted by molar-refractivity contribution is -0.118. The van der Waals surface area contributed by atoms with Crippen LogP contribution in [0.15, 0.2) is 66.9 Å². The van der Waals surface area contributed by atoms with E-state index in [9.17, 15) is 4.79 Å². The third kappa shape index (κ3) is 3.17. The summed E-state index contributed by atoms with van der Waals surface area (Å²) in [6.45, 7) is -0.0271. The average molecular weight is 278 g/mol. The molecule has 0 aliphatic heterocycles. The van der Waals surface area contributed by atoms with Crippen molar-refractivity contribution < 1.29 is 9.53 Å². The zero-order valence-corrected chi connectivity index (χ0v) is 11.3. The number of hydrogen-bond donors (Lipinski definition) is 1. The number of nitrogens with zero attached hydrogens (tertiary/aromatic N) is 1. The lowest BCUT2D eigenvalue weighted by Crippen LogP contribution is -2.20. The summed E-state index contributed by atoms with van der Waals surface area (Å²) in [4.78, 5) is 16.2. The van der Waals surface area contributed by atoms with E-state index in [0.29, 0.717) is 5.75 Å². The second kappa shape index (κ2) is 6.05. The smallest absolute Gasteiger partial charge is 0.262 e. The fourth-order valence-corrected chi connectivity index (χ4v) is 2.06. The molecular formula is C17H14N2O2. The Bertz CT molecular complexity index is 752. The average Bonchev–Trinajstić information content (AvgIpc) is 2.54. The van der Waals surface area contributed by atoms with Crippen LogP contribution in [0.4, 0.5) is 5.69 Å². The predicted molar refractivity (Wildman–Crippen MR) is 82.3 cm³/mol. The van der Waals surface area contributed by atoms with Crippen LogP contribution in [-0.2, 0) is 4.79 Å². The first kappa shape index (κ1) is 13.1. The van der Waals surface area contributed by atoms with Gasteiger partial charge in [0, 0.05) is 11.6 Å². The Balaban J connectivity index is 1.69. The van der Waals surface area contributed by atoms with E-state index in [1.807, 2.05) is 60.7 Å². The van der Waals surface area contributed by atoms with Gasteiger partial charge in [-0.05, 0) is 36.4 Å². The number of carbonyl (C=O) groups excluding carboxylic acids is 1. The van der Waals surface area contributed by atoms with Crippen molar-refractivity contribution in [1.29, 1.82) is 0 Å². The number of nitrogens with one attached hydrogen (secondary N) is 1. The highest BCUT2D eigenvalue weighted by Crippen LogP contribution is 2.21. The van der Waals surface area contributed by atoms with Gasteiger partial charge in [0.15, 0.2) is 6.61 Å². The molecule has 0 spiro atoms. The van der Waals surface area contributed by atoms with Crippen molar-refractivity contribution in [1.82, 2.24) is 4.98 Å². The summed E-state index contributed by atoms with van der Waals surface area (Å²) in [7, 11) is 0. The maximum atomic E-state index is 12.0. The molecule has 104 valence electrons. The Morgan fingerprint density at radius 1 is 1.00 bits per heavy atom. The molecule has 0 aliphatic carbocycles. The minimum Gasteiger partial charge on any atom is -0.484 e. The first-order valence-corrected chi connectivity index (χ1v) is 6.64. The Morgan fingerprint density at radius 2 is 1.86 bits per heavy atom. The quantitative estimate of drug-likeness (QED) is 0.797. The van der Waals surface area contributed by atoms with E-state index in [2.05, 4.69) is 10.3 Å². The van der Waals surface area contributed by atoms with Crippen molar-refractivity contribution in [3.63, 3.8) is 0 Å². The van der Waals surface area contributed by atoms with E-state index < -0.39 is 0 Å². The van der Waals surface area contributed by atoms with Gasteiger partial charge < -0.3 is 10.1 Å². The number of anilines is 1. The second-order valence-corrected chi connectivity index (χ2v) is 4.53. The Kier molecular flexibility index (Phi) is 3.78. The molecule has 0 radical (unpaired) electrons. The lowest BCUT2D eigenvalue weighted by Gasteiger charge is -2.09. The predicted octanol–water partition coefficient (Wildman–Crippen LogP) is 3.25. The highest BCUT2D eigenvalue weighted by molar-refractivity contribution is 6.01. The summed E-state index contributed by atoms with van der Waals surface area (Å²) >= 11 is 0. The van der Waals surface area contributed by atoms with Crippen LogP contribution in [0.25, 0.3) is 10.9 Å². The molecule has 3 aromatic rings. The number of ether oxygens (including phenoxy) is 1. The first-order chi connectivity index (χ1) is 10.3. The standard InChI is InChI=1S/C17H14N2O2/c20-17(12-21-13-6-2-1-3-7-13)19-16-10-4-9-15-14(16)8-5-11-18-15/h1-11H,12H2,(H,19,20). The van der Waals surface area contributed by atoms with Gasteiger partial charge in [-0.15, -0.1) is 0 Å². The molecular weight excluding hydrogens is 264 g/mol. The van der Waals surface area contributed by atoms with Gasteiger partial charge in [0.05, 0.1) is 11.2 Å². The summed E-state index contributed by atoms with van der Waals surface area (Å²) in [6, 6.07) is 18.7. The molecule has 0 saturated carbocycles. The lowest BCUT2D eigenvalue weighted by atomic mass is 10.2. The first-order valence-electron chi connectivity index (χ1n) is 6.64. The number of pyridine rings is 1. The molecule has 3 rings (SSSR count). The monoisotopic (exact) mass is 278 g/mol. The van der Waals surface area contributed by atoms with Crippen molar-refractivity contribution in [2.75, 3.05) is 11.9 Å². The Labute approximate surface area is 122 Å². The number of rotatable bonds is 4. The van der Waals surface area contributed by atoms with Crippen LogP contribution in [0.1, 0.15) is 0 Å². The Morgan fingerprint density at radius 3 is 2.71 bits per heavy atom. The van der Waals surface area contributed by atoms with E-state index >= 15 is 0 Å². The van der Waals surface area contributed by atoms with Crippen LogP contribution in [0.5, 0.6) is 5.75 Å². The molecule has 21 heavy (non-hydrogen) atoms. The molecule has 0 atom stereocenters. The van der Waals surface area contributed by atoms with E-state index in [1.165, 1.54) is 0 Å². The van der Waals surface area contributed by atoms with Crippen molar-refractivity contribution >= 4 is 22.5 Å². The van der Waals surface area contributed by atoms with Gasteiger partial charge in [-0.2, -0.15) is 0 Å². The van der Waals surface area contributed by atoms with Crippen molar-refractivity contribution in [2.45, 2.75) is 0 Å². The molecule has 0 aliphatic rings. The summed E-state index contributed by atoms with van der Waals surface area (Å²) in [5.41, 5.74) is 1.58. The number of hydrogen-bond acceptors (Lipinski definition) is 3. The normalized spacial score (nSPS) is 10.3. The molecule has 1 aromatic heterocycles. The van der Waals surface area contributed by atoms with Crippen LogP contribution in [0.2, 0.25) is 0 Å². The van der Waals surface area contributed by atoms with Crippen LogP contribution >= 0.6 is 0 Å². The molecule has 1 amide bonds. The fourth-order valence-electron chi connectivity index (χ4n) is 2.06. The van der Waals surface area contributed by atoms with Crippen molar-refractivity contribution in [3.8, 4) is 5.75 Å². The van der Waals surface area contributed by atoms with E-state index in [0.717, 1.165) is 16.6 Å². The summed E-state index contributed by atoms with van der Waals surface area (Å²) < 4.78 is 5.42. The molecule has 2 aromatic carbocycles. The highest BCUT2D eigenvalue weighted by atomic mass is 16.5. The molecule has 0 saturated heterocycles. The maximum Gasteiger partial charge on any atom is 0.262 e. The van der Waals surface area contributed by atoms with Gasteiger partial charge in [0.1, 0.15) is 5.75 Å². The SMILES string of the molecule is O=C(COc1ccccc1)Nc1cccc2ncccc12. The topological polar surface area (TPSA) is 51.2 Å². The van der Waals surface area contributed by atoms with E-state index in [-0.39, 0.29) is 12.5 Å². The molecule has 4 heteroatoms. The Hall–Kier alpha value is -2.88. The van der Waals surface area contributed by atoms with Crippen molar-refractivity contribution in [3.05, 3.63) is 66.9 Å². The van der Waals surface area contributed by atoms with Crippen LogP contribution in [0, 0.1) is 0 Å². The molecule has 4 nitrogen and oxygen atoms in total. The number of para-hydroxylation sites is 1. The number of carbonyl (C=O) groups is 1. The maximum absolute atomic E-state index is 12.0. The molecule has 0 bridgehead atoms. The fraction of sp³-hybridized carbons (Fsp3) is 0.0588. The van der Waals surface area contributed by atoms with Crippen LogP contribution in [-0.4, -0.2) is 17.5 Å². The zero-order valence-electron chi connectivity index (χ0n) is 11.3. The van der Waals surface area contributed by atoms with Gasteiger partial charge in [0.2, 0.25) is 0 Å². The minimum atomic E-state index is -0.199. The highest BCUT2D eigenvalue weighted by Gasteiger charge is 2.06. The number of benzene rings is 2.